The van der Waals surface area contributed by atoms with E-state index in [4.69, 9.17) is 14.8 Å². The molecule has 7 aromatic heterocycles. The van der Waals surface area contributed by atoms with Crippen molar-refractivity contribution in [2.75, 3.05) is 26.2 Å². The molecule has 4 aromatic carbocycles. The van der Waals surface area contributed by atoms with Crippen molar-refractivity contribution in [2.24, 2.45) is 0 Å². The second kappa shape index (κ2) is 31.9. The summed E-state index contributed by atoms with van der Waals surface area (Å²) in [7, 11) is 0. The van der Waals surface area contributed by atoms with Gasteiger partial charge in [-0.25, -0.2) is 14.8 Å². The van der Waals surface area contributed by atoms with Gasteiger partial charge in [0, 0.05) is 100.0 Å². The van der Waals surface area contributed by atoms with Gasteiger partial charge in [0.2, 0.25) is 22.8 Å². The molecule has 108 heavy (non-hydrogen) atoms. The molecule has 0 radical (unpaired) electrons. The molecule has 0 saturated carbocycles. The zero-order valence-electron chi connectivity index (χ0n) is 57.8. The number of pyridine rings is 4. The van der Waals surface area contributed by atoms with Crippen molar-refractivity contribution >= 4 is 99.8 Å². The number of rotatable bonds is 25. The Balaban J connectivity index is 1.09. The molecular weight excluding hydrogens is 1380 g/mol. The lowest BCUT2D eigenvalue weighted by Gasteiger charge is -2.12. The molecule has 4 amide bonds. The fourth-order valence-corrected chi connectivity index (χ4v) is 12.8. The van der Waals surface area contributed by atoms with Gasteiger partial charge in [-0.05, 0) is 121 Å². The molecule has 11 aromatic rings. The lowest BCUT2D eigenvalue weighted by Crippen LogP contribution is -2.37. The summed E-state index contributed by atoms with van der Waals surface area (Å²) in [6.45, 7) is 0.0919. The van der Waals surface area contributed by atoms with E-state index < -0.39 is 79.7 Å². The monoisotopic (exact) mass is 1440 g/mol. The van der Waals surface area contributed by atoms with E-state index in [0.717, 1.165) is 22.3 Å². The molecule has 0 atom stereocenters. The van der Waals surface area contributed by atoms with E-state index >= 15 is 0 Å². The first kappa shape index (κ1) is 71.7. The van der Waals surface area contributed by atoms with Crippen LogP contribution in [0.3, 0.4) is 0 Å². The molecule has 0 unspecified atom stereocenters. The van der Waals surface area contributed by atoms with E-state index in [-0.39, 0.29) is 48.4 Å². The third-order valence-corrected chi connectivity index (χ3v) is 17.8. The van der Waals surface area contributed by atoms with E-state index in [0.29, 0.717) is 89.9 Å². The lowest BCUT2D eigenvalue weighted by atomic mass is 10.1. The minimum absolute atomic E-state index is 0.225. The third-order valence-electron chi connectivity index (χ3n) is 17.8. The smallest absolute Gasteiger partial charge is 0.329 e. The molecule has 0 spiro atoms. The normalized spacial score (nSPS) is 11.3. The number of benzene rings is 4. The van der Waals surface area contributed by atoms with Crippen molar-refractivity contribution in [3.05, 3.63) is 286 Å². The number of H-pyrrole nitrogens is 1. The summed E-state index contributed by atoms with van der Waals surface area (Å²) < 4.78 is 9.56. The minimum atomic E-state index is -1.19. The number of hydrogen-bond acceptors (Lipinski definition) is 12. The number of aliphatic carboxylic acids is 4. The molecular formula is C82H68N12O14+4. The van der Waals surface area contributed by atoms with Crippen molar-refractivity contribution in [3.63, 3.8) is 0 Å². The molecule has 8 bridgehead atoms. The van der Waals surface area contributed by atoms with Crippen molar-refractivity contribution in [3.8, 4) is 45.0 Å². The summed E-state index contributed by atoms with van der Waals surface area (Å²) in [6, 6.07) is 57.8. The Kier molecular flexibility index (Phi) is 21.2. The van der Waals surface area contributed by atoms with Gasteiger partial charge < -0.3 is 51.5 Å². The highest BCUT2D eigenvalue weighted by Crippen LogP contribution is 2.38. The third kappa shape index (κ3) is 16.4. The Bertz CT molecular complexity index is 5360. The van der Waals surface area contributed by atoms with E-state index in [1.807, 2.05) is 164 Å². The number of amides is 4. The van der Waals surface area contributed by atoms with Gasteiger partial charge >= 0.3 is 29.8 Å². The largest absolute Gasteiger partial charge is 0.480 e. The van der Waals surface area contributed by atoms with Gasteiger partial charge in [-0.1, -0.05) is 48.5 Å². The summed E-state index contributed by atoms with van der Waals surface area (Å²) in [5.41, 5.74) is 12.8. The molecule has 2 aliphatic rings. The number of aromatic amines is 1. The molecule has 9 heterocycles. The van der Waals surface area contributed by atoms with Gasteiger partial charge in [0.15, 0.2) is 51.0 Å². The van der Waals surface area contributed by atoms with Crippen LogP contribution in [0.1, 0.15) is 93.4 Å². The number of nitrogens with one attached hydrogen (secondary N) is 5. The van der Waals surface area contributed by atoms with E-state index in [1.54, 1.807) is 97.1 Å². The van der Waals surface area contributed by atoms with E-state index in [1.165, 1.54) is 11.7 Å². The Morgan fingerprint density at radius 1 is 0.352 bits per heavy atom. The Morgan fingerprint density at radius 3 is 0.870 bits per heavy atom. The maximum absolute atomic E-state index is 14.1. The van der Waals surface area contributed by atoms with Crippen LogP contribution in [0.5, 0.6) is 0 Å². The van der Waals surface area contributed by atoms with Crippen LogP contribution in [0.2, 0.25) is 0 Å². The number of hydrogen-bond donors (Lipinski definition) is 9. The Labute approximate surface area is 615 Å². The maximum Gasteiger partial charge on any atom is 0.329 e. The molecule has 0 saturated heterocycles. The van der Waals surface area contributed by atoms with Crippen molar-refractivity contribution in [2.45, 2.75) is 33.1 Å². The fourth-order valence-electron chi connectivity index (χ4n) is 12.8. The van der Waals surface area contributed by atoms with Gasteiger partial charge in [0.1, 0.15) is 26.2 Å². The standard InChI is InChI=1S/C82H64N12O14/c1-50(95)108-94-69-36-37-70(94)78(68-13-5-9-41-93(68)49-54-20-28-58(29-21-54)82(107)86-45-74(102)103)64-35-33-62(89-64)76(66-11-3-7-39-91(66)47-52-16-24-56(25-17-52)80(105)84-43-72(98)99)60-31-30-59(87-60)75(65-10-2-6-38-90(65)46-51-14-22-55(23-15-51)79(104)83-42-71(96)97)61-32-34-63(88-61)77(69)67-12-4-8-40-92(67)48-53-18-26-57(27-19-53)81(106)85-44-73(100)101/h2-41H,42-49H2,1H3,(H5-3,83,84,85,86,96,97,98,99,100,101,102,103,104,105,106,107)/p+4. The number of nitrogens with zero attached hydrogens (tertiary/aromatic N) is 7. The number of fused-ring (bicyclic) bond motifs is 8. The molecule has 26 nitrogen and oxygen atoms in total. The zero-order chi connectivity index (χ0) is 75.5. The number of carbonyl (C=O) groups is 9. The molecule has 13 rings (SSSR count). The Hall–Kier alpha value is -14.7. The lowest BCUT2D eigenvalue weighted by molar-refractivity contribution is -0.677. The summed E-state index contributed by atoms with van der Waals surface area (Å²) in [5, 5.41) is 46.7. The Morgan fingerprint density at radius 2 is 0.611 bits per heavy atom. The molecule has 0 aliphatic carbocycles. The minimum Gasteiger partial charge on any atom is -0.480 e. The van der Waals surface area contributed by atoms with Crippen molar-refractivity contribution in [1.82, 2.24) is 40.9 Å². The van der Waals surface area contributed by atoms with Crippen LogP contribution < -0.4 is 44.4 Å². The van der Waals surface area contributed by atoms with Gasteiger partial charge in [0.25, 0.3) is 23.6 Å². The van der Waals surface area contributed by atoms with Crippen LogP contribution in [-0.2, 0) is 50.2 Å². The van der Waals surface area contributed by atoms with Gasteiger partial charge in [-0.2, -0.15) is 23.0 Å². The van der Waals surface area contributed by atoms with E-state index in [9.17, 15) is 63.6 Å². The number of carboxylic acid groups (broad SMARTS) is 4. The zero-order valence-corrected chi connectivity index (χ0v) is 57.8. The fraction of sp³-hybridized carbons (Fsp3) is 0.110. The van der Waals surface area contributed by atoms with Crippen LogP contribution >= 0.6 is 0 Å². The first-order valence-electron chi connectivity index (χ1n) is 34.0. The van der Waals surface area contributed by atoms with Gasteiger partial charge in [-0.3, -0.25) is 38.4 Å². The van der Waals surface area contributed by atoms with Gasteiger partial charge in [0.05, 0.1) is 67.1 Å². The SMILES string of the molecule is CC(=O)On1c2ccc1c(-c1cccc[n+]1Cc1ccc(C(=O)NCC(=O)O)cc1)c1nc(c(-c3cccc[n+]3Cc3ccc(C(=O)NCC(=O)O)cc3)c3ccc([nH]3)c(-c3cccc[n+]3Cc3ccc(C(=O)NCC(=O)O)cc3)c3nc(c2-c2cccc[n+]2Cc2ccc(C(=O)NCC(=O)O)cc2)C=C3)C=C1. The average molecular weight is 1450 g/mol. The summed E-state index contributed by atoms with van der Waals surface area (Å²) in [5.74, 6) is -7.64. The van der Waals surface area contributed by atoms with Crippen LogP contribution in [0, 0.1) is 0 Å². The molecule has 536 valence electrons. The predicted molar refractivity (Wildman–Crippen MR) is 394 cm³/mol. The number of carbonyl (C=O) groups excluding carboxylic acids is 5. The quantitative estimate of drug-likeness (QED) is 0.0252. The summed E-state index contributed by atoms with van der Waals surface area (Å²) >= 11 is 0. The summed E-state index contributed by atoms with van der Waals surface area (Å²) in [4.78, 5) is 133. The number of carboxylic acids is 4. The first-order valence-corrected chi connectivity index (χ1v) is 34.0. The van der Waals surface area contributed by atoms with Crippen LogP contribution in [0.4, 0.5) is 0 Å². The molecule has 9 N–H and O–H groups in total. The second-order valence-electron chi connectivity index (χ2n) is 25.1. The second-order valence-corrected chi connectivity index (χ2v) is 25.1. The highest BCUT2D eigenvalue weighted by Gasteiger charge is 2.31. The van der Waals surface area contributed by atoms with Crippen LogP contribution in [-0.4, -0.2) is 120 Å². The number of aromatic nitrogens is 8. The van der Waals surface area contributed by atoms with Gasteiger partial charge in [-0.15, -0.1) is 0 Å². The maximum atomic E-state index is 14.1. The molecule has 0 fully saturated rings. The van der Waals surface area contributed by atoms with Crippen LogP contribution in [0.25, 0.3) is 91.4 Å². The topological polar surface area (TPSA) is 354 Å². The highest BCUT2D eigenvalue weighted by atomic mass is 16.7. The first-order chi connectivity index (χ1) is 52.3. The predicted octanol–water partition coefficient (Wildman–Crippen LogP) is 7.37. The highest BCUT2D eigenvalue weighted by molar-refractivity contribution is 6.01. The average Bonchev–Trinajstić information content (AvgIpc) is 1.58. The van der Waals surface area contributed by atoms with Crippen molar-refractivity contribution in [1.29, 1.82) is 0 Å². The summed E-state index contributed by atoms with van der Waals surface area (Å²) in [6.07, 6.45) is 15.2. The van der Waals surface area contributed by atoms with Crippen molar-refractivity contribution < 1.29 is 86.7 Å². The molecule has 2 aliphatic heterocycles. The molecule has 26 heteroatoms. The van der Waals surface area contributed by atoms with E-state index in [2.05, 4.69) is 26.3 Å². The van der Waals surface area contributed by atoms with Crippen LogP contribution in [0.15, 0.2) is 219 Å².